The van der Waals surface area contributed by atoms with Gasteiger partial charge in [-0.05, 0) is 27.2 Å². The molecule has 1 aliphatic heterocycles. The second kappa shape index (κ2) is 4.78. The van der Waals surface area contributed by atoms with Gasteiger partial charge in [-0.1, -0.05) is 0 Å². The molecule has 1 aliphatic rings. The summed E-state index contributed by atoms with van der Waals surface area (Å²) in [4.78, 5) is 23.6. The lowest BCUT2D eigenvalue weighted by Gasteiger charge is -2.33. The summed E-state index contributed by atoms with van der Waals surface area (Å²) in [5.74, 6) is -2.28. The van der Waals surface area contributed by atoms with Crippen molar-refractivity contribution in [2.45, 2.75) is 45.4 Å². The number of rotatable bonds is 0. The molecule has 0 aromatic carbocycles. The van der Waals surface area contributed by atoms with Gasteiger partial charge in [0, 0.05) is 13.0 Å². The van der Waals surface area contributed by atoms with Crippen LogP contribution >= 0.6 is 0 Å². The Morgan fingerprint density at radius 1 is 1.33 bits per heavy atom. The molecule has 18 heavy (non-hydrogen) atoms. The largest absolute Gasteiger partial charge is 0.443 e. The first kappa shape index (κ1) is 14.8. The minimum Gasteiger partial charge on any atom is -0.443 e. The van der Waals surface area contributed by atoms with E-state index in [0.717, 1.165) is 0 Å². The van der Waals surface area contributed by atoms with E-state index in [1.54, 1.807) is 20.8 Å². The maximum Gasteiger partial charge on any atom is 0.417 e. The molecule has 2 amide bonds. The molecule has 0 aromatic heterocycles. The van der Waals surface area contributed by atoms with Crippen LogP contribution in [0.1, 0.15) is 33.6 Å². The third kappa shape index (κ3) is 3.89. The zero-order chi connectivity index (χ0) is 14.1. The van der Waals surface area contributed by atoms with Crippen LogP contribution in [0.3, 0.4) is 0 Å². The summed E-state index contributed by atoms with van der Waals surface area (Å²) >= 11 is 0. The van der Waals surface area contributed by atoms with Crippen LogP contribution in [-0.2, 0) is 9.53 Å². The fourth-order valence-corrected chi connectivity index (χ4v) is 1.61. The van der Waals surface area contributed by atoms with Gasteiger partial charge in [0.05, 0.1) is 5.92 Å². The number of nitrogens with zero attached hydrogens (tertiary/aromatic N) is 1. The Balaban J connectivity index is 2.74. The number of carbonyl (C=O) groups is 2. The number of likely N-dealkylation sites (tertiary alicyclic amines) is 1. The van der Waals surface area contributed by atoms with Crippen LogP contribution in [0.15, 0.2) is 0 Å². The number of hydrogen-bond donors (Lipinski definition) is 0. The van der Waals surface area contributed by atoms with Gasteiger partial charge in [-0.25, -0.2) is 9.69 Å². The fourth-order valence-electron chi connectivity index (χ4n) is 1.61. The van der Waals surface area contributed by atoms with Crippen LogP contribution in [0.5, 0.6) is 0 Å². The third-order valence-corrected chi connectivity index (χ3v) is 2.49. The minimum absolute atomic E-state index is 0.276. The average Bonchev–Trinajstić information content (AvgIpc) is 2.13. The van der Waals surface area contributed by atoms with Gasteiger partial charge in [-0.15, -0.1) is 0 Å². The molecule has 1 atom stereocenters. The first-order valence-corrected chi connectivity index (χ1v) is 5.61. The van der Waals surface area contributed by atoms with Crippen LogP contribution in [0.2, 0.25) is 0 Å². The van der Waals surface area contributed by atoms with Crippen molar-refractivity contribution in [1.29, 1.82) is 0 Å². The van der Waals surface area contributed by atoms with E-state index >= 15 is 0 Å². The van der Waals surface area contributed by atoms with Gasteiger partial charge >= 0.3 is 12.3 Å². The highest BCUT2D eigenvalue weighted by atomic mass is 19.4. The molecule has 0 radical (unpaired) electrons. The molecule has 0 unspecified atom stereocenters. The van der Waals surface area contributed by atoms with Crippen molar-refractivity contribution in [3.05, 3.63) is 0 Å². The molecule has 0 bridgehead atoms. The molecule has 1 saturated heterocycles. The molecule has 7 heteroatoms. The van der Waals surface area contributed by atoms with Crippen LogP contribution in [0.4, 0.5) is 18.0 Å². The van der Waals surface area contributed by atoms with Crippen molar-refractivity contribution in [1.82, 2.24) is 4.90 Å². The molecule has 0 aromatic rings. The van der Waals surface area contributed by atoms with Crippen LogP contribution in [0.25, 0.3) is 0 Å². The Morgan fingerprint density at radius 2 is 1.89 bits per heavy atom. The summed E-state index contributed by atoms with van der Waals surface area (Å²) in [6, 6.07) is 0. The summed E-state index contributed by atoms with van der Waals surface area (Å²) in [6.07, 6.45) is -5.98. The van der Waals surface area contributed by atoms with Gasteiger partial charge in [-0.2, -0.15) is 13.2 Å². The predicted octanol–water partition coefficient (Wildman–Crippen LogP) is 2.72. The topological polar surface area (TPSA) is 46.6 Å². The second-order valence-corrected chi connectivity index (χ2v) is 5.26. The van der Waals surface area contributed by atoms with E-state index in [1.165, 1.54) is 0 Å². The van der Waals surface area contributed by atoms with E-state index in [1.807, 2.05) is 0 Å². The Bertz CT molecular complexity index is 346. The Hall–Kier alpha value is -1.27. The van der Waals surface area contributed by atoms with E-state index in [0.29, 0.717) is 4.90 Å². The highest BCUT2D eigenvalue weighted by Crippen LogP contribution is 2.33. The lowest BCUT2D eigenvalue weighted by Crippen LogP contribution is -2.49. The van der Waals surface area contributed by atoms with E-state index in [4.69, 9.17) is 4.74 Å². The van der Waals surface area contributed by atoms with Gasteiger partial charge in [-0.3, -0.25) is 4.79 Å². The van der Waals surface area contributed by atoms with Gasteiger partial charge in [0.2, 0.25) is 5.91 Å². The molecule has 1 fully saturated rings. The molecule has 0 aliphatic carbocycles. The molecule has 0 spiro atoms. The Labute approximate surface area is 103 Å². The first-order chi connectivity index (χ1) is 8.00. The summed E-state index contributed by atoms with van der Waals surface area (Å²) < 4.78 is 42.6. The van der Waals surface area contributed by atoms with Crippen molar-refractivity contribution < 1.29 is 27.5 Å². The number of hydrogen-bond acceptors (Lipinski definition) is 3. The smallest absolute Gasteiger partial charge is 0.417 e. The standard InChI is InChI=1S/C11H16F3NO3/c1-10(2,3)18-9(17)15-6-7(11(12,13)14)4-5-8(15)16/h7H,4-6H2,1-3H3/t7-/m0/s1. The maximum atomic E-state index is 12.6. The van der Waals surface area contributed by atoms with E-state index in [9.17, 15) is 22.8 Å². The number of halogens is 3. The number of piperidine rings is 1. The number of imide groups is 1. The summed E-state index contributed by atoms with van der Waals surface area (Å²) in [5, 5.41) is 0. The van der Waals surface area contributed by atoms with Crippen LogP contribution in [0, 0.1) is 5.92 Å². The Kier molecular flexibility index (Phi) is 3.92. The maximum absolute atomic E-state index is 12.6. The zero-order valence-electron chi connectivity index (χ0n) is 10.5. The van der Waals surface area contributed by atoms with Gasteiger partial charge in [0.1, 0.15) is 5.60 Å². The fraction of sp³-hybridized carbons (Fsp3) is 0.818. The third-order valence-electron chi connectivity index (χ3n) is 2.49. The summed E-state index contributed by atoms with van der Waals surface area (Å²) in [6.45, 7) is 4.10. The summed E-state index contributed by atoms with van der Waals surface area (Å²) in [5.41, 5.74) is -0.845. The minimum atomic E-state index is -4.40. The Morgan fingerprint density at radius 3 is 2.33 bits per heavy atom. The van der Waals surface area contributed by atoms with Crippen molar-refractivity contribution >= 4 is 12.0 Å². The van der Waals surface area contributed by atoms with Crippen molar-refractivity contribution in [2.75, 3.05) is 6.54 Å². The van der Waals surface area contributed by atoms with Gasteiger partial charge < -0.3 is 4.74 Å². The normalized spacial score (nSPS) is 22.0. The van der Waals surface area contributed by atoms with Crippen molar-refractivity contribution in [3.8, 4) is 0 Å². The quantitative estimate of drug-likeness (QED) is 0.678. The lowest BCUT2D eigenvalue weighted by atomic mass is 9.97. The molecule has 104 valence electrons. The lowest BCUT2D eigenvalue weighted by molar-refractivity contribution is -0.187. The van der Waals surface area contributed by atoms with Crippen LogP contribution < -0.4 is 0 Å². The zero-order valence-corrected chi connectivity index (χ0v) is 10.5. The van der Waals surface area contributed by atoms with Crippen molar-refractivity contribution in [3.63, 3.8) is 0 Å². The van der Waals surface area contributed by atoms with Crippen molar-refractivity contribution in [2.24, 2.45) is 5.92 Å². The van der Waals surface area contributed by atoms with E-state index in [2.05, 4.69) is 0 Å². The average molecular weight is 267 g/mol. The number of ether oxygens (including phenoxy) is 1. The monoisotopic (exact) mass is 267 g/mol. The molecule has 1 heterocycles. The van der Waals surface area contributed by atoms with Gasteiger partial charge in [0.15, 0.2) is 0 Å². The summed E-state index contributed by atoms with van der Waals surface area (Å²) in [7, 11) is 0. The number of amides is 2. The number of carbonyl (C=O) groups excluding carboxylic acids is 2. The molecule has 4 nitrogen and oxygen atoms in total. The highest BCUT2D eigenvalue weighted by molar-refractivity contribution is 5.92. The second-order valence-electron chi connectivity index (χ2n) is 5.26. The van der Waals surface area contributed by atoms with E-state index < -0.39 is 36.2 Å². The molecule has 0 saturated carbocycles. The van der Waals surface area contributed by atoms with Crippen LogP contribution in [-0.4, -0.2) is 35.2 Å². The molecular weight excluding hydrogens is 251 g/mol. The SMILES string of the molecule is CC(C)(C)OC(=O)N1C[C@@H](C(F)(F)F)CCC1=O. The molecule has 1 rings (SSSR count). The van der Waals surface area contributed by atoms with E-state index in [-0.39, 0.29) is 12.8 Å². The number of alkyl halides is 3. The predicted molar refractivity (Wildman–Crippen MR) is 56.7 cm³/mol. The van der Waals surface area contributed by atoms with Gasteiger partial charge in [0.25, 0.3) is 0 Å². The molecule has 0 N–H and O–H groups in total. The molecular formula is C11H16F3NO3. The first-order valence-electron chi connectivity index (χ1n) is 5.61. The highest BCUT2D eigenvalue weighted by Gasteiger charge is 2.45.